The molecule has 0 unspecified atom stereocenters. The molecule has 2 amide bonds. The van der Waals surface area contributed by atoms with Crippen molar-refractivity contribution in [3.63, 3.8) is 0 Å². The third kappa shape index (κ3) is 6.23. The molecular formula is C22H33N5O5S. The first-order valence-corrected chi connectivity index (χ1v) is 12.9. The van der Waals surface area contributed by atoms with Crippen LogP contribution in [-0.2, 0) is 14.8 Å². The third-order valence-electron chi connectivity index (χ3n) is 5.28. The van der Waals surface area contributed by atoms with Crippen molar-refractivity contribution >= 4 is 32.9 Å². The molecule has 0 aliphatic carbocycles. The van der Waals surface area contributed by atoms with Crippen LogP contribution in [0.15, 0.2) is 24.3 Å². The highest BCUT2D eigenvalue weighted by atomic mass is 32.2. The molecule has 1 aliphatic rings. The Balaban J connectivity index is 1.80. The quantitative estimate of drug-likeness (QED) is 0.655. The van der Waals surface area contributed by atoms with Crippen LogP contribution in [0.25, 0.3) is 10.9 Å². The van der Waals surface area contributed by atoms with Crippen LogP contribution in [0.1, 0.15) is 57.6 Å². The molecule has 1 fully saturated rings. The highest BCUT2D eigenvalue weighted by Crippen LogP contribution is 2.24. The molecule has 1 aromatic heterocycles. The van der Waals surface area contributed by atoms with Gasteiger partial charge in [-0.15, -0.1) is 0 Å². The van der Waals surface area contributed by atoms with Crippen molar-refractivity contribution in [3.05, 3.63) is 30.0 Å². The molecule has 0 radical (unpaired) electrons. The molecule has 1 aromatic carbocycles. The first-order chi connectivity index (χ1) is 15.2. The number of carbonyl (C=O) groups excluding carboxylic acids is 2. The predicted octanol–water partition coefficient (Wildman–Crippen LogP) is 2.27. The van der Waals surface area contributed by atoms with E-state index in [1.165, 1.54) is 4.90 Å². The highest BCUT2D eigenvalue weighted by Gasteiger charge is 2.39. The summed E-state index contributed by atoms with van der Waals surface area (Å²) in [7, 11) is -3.44. The second kappa shape index (κ2) is 9.30. The number of carbonyl (C=O) groups is 2. The largest absolute Gasteiger partial charge is 0.444 e. The van der Waals surface area contributed by atoms with Gasteiger partial charge in [-0.2, -0.15) is 5.10 Å². The number of para-hydroxylation sites is 1. The Morgan fingerprint density at radius 2 is 1.91 bits per heavy atom. The number of rotatable bonds is 6. The number of fused-ring (bicyclic) bond motifs is 1. The second-order valence-electron chi connectivity index (χ2n) is 9.72. The minimum absolute atomic E-state index is 0.0371. The molecule has 10 nitrogen and oxygen atoms in total. The summed E-state index contributed by atoms with van der Waals surface area (Å²) in [6.45, 7) is 9.53. The summed E-state index contributed by atoms with van der Waals surface area (Å²) in [5.41, 5.74) is 0.492. The van der Waals surface area contributed by atoms with Gasteiger partial charge in [-0.05, 0) is 47.1 Å². The zero-order chi connectivity index (χ0) is 24.6. The molecule has 3 rings (SSSR count). The molecule has 1 aliphatic heterocycles. The van der Waals surface area contributed by atoms with Crippen molar-refractivity contribution in [2.45, 2.75) is 64.8 Å². The normalized spacial score (nSPS) is 19.3. The summed E-state index contributed by atoms with van der Waals surface area (Å²) in [5.74, 6) is -0.337. The summed E-state index contributed by atoms with van der Waals surface area (Å²) in [5, 5.41) is 8.25. The van der Waals surface area contributed by atoms with Crippen molar-refractivity contribution in [1.29, 1.82) is 0 Å². The molecule has 33 heavy (non-hydrogen) atoms. The van der Waals surface area contributed by atoms with Gasteiger partial charge < -0.3 is 15.0 Å². The Morgan fingerprint density at radius 3 is 2.52 bits per heavy atom. The van der Waals surface area contributed by atoms with Gasteiger partial charge in [0.25, 0.3) is 5.91 Å². The smallest absolute Gasteiger partial charge is 0.410 e. The van der Waals surface area contributed by atoms with Gasteiger partial charge in [0.1, 0.15) is 5.60 Å². The maximum absolute atomic E-state index is 13.1. The number of benzene rings is 1. The van der Waals surface area contributed by atoms with Crippen molar-refractivity contribution in [3.8, 4) is 0 Å². The SMILES string of the molecule is CC(C)n1nc(C(=O)N[C@H]2C[C@@H](CNS(C)(=O)=O)N(C(=O)OC(C)(C)C)C2)c2ccccc21. The van der Waals surface area contributed by atoms with Gasteiger partial charge in [-0.25, -0.2) is 17.9 Å². The lowest BCUT2D eigenvalue weighted by Gasteiger charge is -2.28. The molecule has 2 heterocycles. The fourth-order valence-corrected chi connectivity index (χ4v) is 4.41. The van der Waals surface area contributed by atoms with Gasteiger partial charge in [0.15, 0.2) is 5.69 Å². The van der Waals surface area contributed by atoms with E-state index in [-0.39, 0.29) is 31.1 Å². The van der Waals surface area contributed by atoms with Crippen LogP contribution < -0.4 is 10.0 Å². The van der Waals surface area contributed by atoms with E-state index in [1.807, 2.05) is 42.8 Å². The third-order valence-corrected chi connectivity index (χ3v) is 5.97. The monoisotopic (exact) mass is 479 g/mol. The number of aromatic nitrogens is 2. The van der Waals surface area contributed by atoms with Crippen LogP contribution in [0.4, 0.5) is 4.79 Å². The Hall–Kier alpha value is -2.66. The van der Waals surface area contributed by atoms with Crippen LogP contribution in [0.3, 0.4) is 0 Å². The number of sulfonamides is 1. The van der Waals surface area contributed by atoms with E-state index < -0.39 is 27.8 Å². The van der Waals surface area contributed by atoms with Crippen molar-refractivity contribution in [1.82, 2.24) is 24.7 Å². The van der Waals surface area contributed by atoms with Crippen LogP contribution in [0.2, 0.25) is 0 Å². The number of amides is 2. The minimum atomic E-state index is -3.44. The van der Waals surface area contributed by atoms with Crippen molar-refractivity contribution < 1.29 is 22.7 Å². The van der Waals surface area contributed by atoms with Gasteiger partial charge in [-0.3, -0.25) is 9.48 Å². The van der Waals surface area contributed by atoms with Crippen molar-refractivity contribution in [2.24, 2.45) is 0 Å². The number of nitrogens with one attached hydrogen (secondary N) is 2. The molecule has 0 spiro atoms. The van der Waals surface area contributed by atoms with Crippen LogP contribution in [0, 0.1) is 0 Å². The minimum Gasteiger partial charge on any atom is -0.444 e. The van der Waals surface area contributed by atoms with Gasteiger partial charge in [-0.1, -0.05) is 18.2 Å². The van der Waals surface area contributed by atoms with Gasteiger partial charge in [0.05, 0.1) is 17.8 Å². The van der Waals surface area contributed by atoms with E-state index in [1.54, 1.807) is 20.8 Å². The fraction of sp³-hybridized carbons (Fsp3) is 0.591. The molecule has 2 aromatic rings. The standard InChI is InChI=1S/C22H33N5O5S/c1-14(2)27-18-10-8-7-9-17(18)19(25-27)20(28)24-15-11-16(12-23-33(6,30)31)26(13-15)21(29)32-22(3,4)5/h7-10,14-16,23H,11-13H2,1-6H3,(H,24,28)/t15-,16-/m0/s1. The molecule has 0 bridgehead atoms. The Labute approximate surface area is 194 Å². The first kappa shape index (κ1) is 25.0. The molecule has 11 heteroatoms. The predicted molar refractivity (Wildman–Crippen MR) is 126 cm³/mol. The maximum atomic E-state index is 13.1. The van der Waals surface area contributed by atoms with E-state index in [4.69, 9.17) is 4.74 Å². The molecular weight excluding hydrogens is 446 g/mol. The second-order valence-corrected chi connectivity index (χ2v) is 11.6. The van der Waals surface area contributed by atoms with Crippen LogP contribution in [-0.4, -0.2) is 72.1 Å². The van der Waals surface area contributed by atoms with E-state index >= 15 is 0 Å². The lowest BCUT2D eigenvalue weighted by Crippen LogP contribution is -2.45. The average molecular weight is 480 g/mol. The van der Waals surface area contributed by atoms with Crippen LogP contribution in [0.5, 0.6) is 0 Å². The van der Waals surface area contributed by atoms with Gasteiger partial charge in [0.2, 0.25) is 10.0 Å². The molecule has 0 saturated carbocycles. The number of nitrogens with zero attached hydrogens (tertiary/aromatic N) is 3. The summed E-state index contributed by atoms with van der Waals surface area (Å²) in [6, 6.07) is 6.79. The zero-order valence-corrected chi connectivity index (χ0v) is 20.8. The molecule has 1 saturated heterocycles. The highest BCUT2D eigenvalue weighted by molar-refractivity contribution is 7.88. The van der Waals surface area contributed by atoms with E-state index in [0.717, 1.165) is 17.2 Å². The van der Waals surface area contributed by atoms with Gasteiger partial charge >= 0.3 is 6.09 Å². The Morgan fingerprint density at radius 1 is 1.24 bits per heavy atom. The lowest BCUT2D eigenvalue weighted by atomic mass is 10.1. The van der Waals surface area contributed by atoms with E-state index in [9.17, 15) is 18.0 Å². The lowest BCUT2D eigenvalue weighted by molar-refractivity contribution is 0.0226. The number of ether oxygens (including phenoxy) is 1. The van der Waals surface area contributed by atoms with Crippen LogP contribution >= 0.6 is 0 Å². The Bertz CT molecular complexity index is 1140. The average Bonchev–Trinajstić information content (AvgIpc) is 3.26. The van der Waals surface area contributed by atoms with E-state index in [2.05, 4.69) is 15.1 Å². The van der Waals surface area contributed by atoms with Crippen molar-refractivity contribution in [2.75, 3.05) is 19.3 Å². The zero-order valence-electron chi connectivity index (χ0n) is 20.0. The number of likely N-dealkylation sites (tertiary alicyclic amines) is 1. The maximum Gasteiger partial charge on any atom is 0.410 e. The molecule has 182 valence electrons. The van der Waals surface area contributed by atoms with Gasteiger partial charge in [0, 0.05) is 30.6 Å². The molecule has 2 N–H and O–H groups in total. The topological polar surface area (TPSA) is 123 Å². The Kier molecular flexibility index (Phi) is 7.04. The molecule has 2 atom stereocenters. The summed E-state index contributed by atoms with van der Waals surface area (Å²) in [6.07, 6.45) is 0.903. The summed E-state index contributed by atoms with van der Waals surface area (Å²) < 4.78 is 32.9. The first-order valence-electron chi connectivity index (χ1n) is 11.0. The fourth-order valence-electron chi connectivity index (χ4n) is 3.91. The van der Waals surface area contributed by atoms with E-state index in [0.29, 0.717) is 12.1 Å². The summed E-state index contributed by atoms with van der Waals surface area (Å²) in [4.78, 5) is 27.4. The number of hydrogen-bond acceptors (Lipinski definition) is 6. The summed E-state index contributed by atoms with van der Waals surface area (Å²) >= 11 is 0. The number of hydrogen-bond donors (Lipinski definition) is 2.